The van der Waals surface area contributed by atoms with Gasteiger partial charge in [0, 0.05) is 11.6 Å². The van der Waals surface area contributed by atoms with Gasteiger partial charge in [0.2, 0.25) is 0 Å². The van der Waals surface area contributed by atoms with Crippen molar-refractivity contribution in [1.82, 2.24) is 5.32 Å². The maximum Gasteiger partial charge on any atom is 0.101 e. The van der Waals surface area contributed by atoms with Crippen LogP contribution >= 0.6 is 0 Å². The van der Waals surface area contributed by atoms with Crippen LogP contribution < -0.4 is 5.32 Å². The summed E-state index contributed by atoms with van der Waals surface area (Å²) in [7, 11) is 2.07. The van der Waals surface area contributed by atoms with E-state index >= 15 is 0 Å². The zero-order valence-electron chi connectivity index (χ0n) is 11.3. The predicted molar refractivity (Wildman–Crippen MR) is 71.0 cm³/mol. The van der Waals surface area contributed by atoms with Gasteiger partial charge in [-0.2, -0.15) is 0 Å². The van der Waals surface area contributed by atoms with Crippen molar-refractivity contribution in [3.05, 3.63) is 23.7 Å². The van der Waals surface area contributed by atoms with Gasteiger partial charge in [0.1, 0.15) is 5.76 Å². The summed E-state index contributed by atoms with van der Waals surface area (Å²) in [6.07, 6.45) is 8.79. The van der Waals surface area contributed by atoms with Crippen molar-refractivity contribution in [3.63, 3.8) is 0 Å². The first-order valence-electron chi connectivity index (χ1n) is 6.96. The largest absolute Gasteiger partial charge is 0.469 e. The minimum absolute atomic E-state index is 0.474. The number of rotatable bonds is 4. The third-order valence-corrected chi connectivity index (χ3v) is 4.29. The first-order chi connectivity index (χ1) is 8.24. The Hall–Kier alpha value is -0.760. The van der Waals surface area contributed by atoms with Gasteiger partial charge in [-0.1, -0.05) is 26.2 Å². The lowest BCUT2D eigenvalue weighted by atomic mass is 9.75. The second-order valence-corrected chi connectivity index (χ2v) is 5.46. The van der Waals surface area contributed by atoms with E-state index in [0.29, 0.717) is 6.04 Å². The van der Waals surface area contributed by atoms with E-state index in [1.807, 2.05) is 13.2 Å². The van der Waals surface area contributed by atoms with Crippen molar-refractivity contribution >= 4 is 0 Å². The van der Waals surface area contributed by atoms with Gasteiger partial charge in [-0.15, -0.1) is 0 Å². The molecule has 17 heavy (non-hydrogen) atoms. The summed E-state index contributed by atoms with van der Waals surface area (Å²) in [5.74, 6) is 2.72. The summed E-state index contributed by atoms with van der Waals surface area (Å²) in [4.78, 5) is 0. The molecule has 0 spiro atoms. The number of hydrogen-bond donors (Lipinski definition) is 1. The minimum Gasteiger partial charge on any atom is -0.469 e. The highest BCUT2D eigenvalue weighted by Crippen LogP contribution is 2.38. The molecule has 1 aromatic heterocycles. The molecule has 1 saturated carbocycles. The standard InChI is InChI=1S/C15H25NO/c1-4-12-6-5-7-13(9-12)15(16-3)14-8-11(2)17-10-14/h8,10,12-13,15-16H,4-7,9H2,1-3H3. The van der Waals surface area contributed by atoms with Gasteiger partial charge < -0.3 is 9.73 Å². The Morgan fingerprint density at radius 1 is 1.47 bits per heavy atom. The average molecular weight is 235 g/mol. The van der Waals surface area contributed by atoms with Gasteiger partial charge in [-0.3, -0.25) is 0 Å². The summed E-state index contributed by atoms with van der Waals surface area (Å²) in [5, 5.41) is 3.49. The summed E-state index contributed by atoms with van der Waals surface area (Å²) in [6, 6.07) is 2.65. The van der Waals surface area contributed by atoms with Gasteiger partial charge in [-0.05, 0) is 44.7 Å². The summed E-state index contributed by atoms with van der Waals surface area (Å²) in [6.45, 7) is 4.34. The highest BCUT2D eigenvalue weighted by molar-refractivity contribution is 5.17. The fraction of sp³-hybridized carbons (Fsp3) is 0.733. The van der Waals surface area contributed by atoms with Crippen molar-refractivity contribution in [2.24, 2.45) is 11.8 Å². The molecule has 0 aliphatic heterocycles. The van der Waals surface area contributed by atoms with E-state index in [4.69, 9.17) is 4.42 Å². The first-order valence-corrected chi connectivity index (χ1v) is 6.96. The van der Waals surface area contributed by atoms with Crippen LogP contribution in [0.1, 0.15) is 56.4 Å². The Labute approximate surface area is 105 Å². The van der Waals surface area contributed by atoms with Crippen molar-refractivity contribution in [2.75, 3.05) is 7.05 Å². The molecule has 96 valence electrons. The second kappa shape index (κ2) is 5.72. The molecule has 2 nitrogen and oxygen atoms in total. The number of furan rings is 1. The maximum atomic E-state index is 5.45. The zero-order chi connectivity index (χ0) is 12.3. The van der Waals surface area contributed by atoms with Crippen LogP contribution in [0.5, 0.6) is 0 Å². The topological polar surface area (TPSA) is 25.2 Å². The van der Waals surface area contributed by atoms with E-state index in [1.54, 1.807) is 0 Å². The monoisotopic (exact) mass is 235 g/mol. The molecule has 2 heteroatoms. The van der Waals surface area contributed by atoms with Crippen molar-refractivity contribution in [2.45, 2.75) is 52.0 Å². The zero-order valence-corrected chi connectivity index (χ0v) is 11.3. The molecule has 0 radical (unpaired) electrons. The van der Waals surface area contributed by atoms with E-state index in [-0.39, 0.29) is 0 Å². The smallest absolute Gasteiger partial charge is 0.101 e. The Bertz CT molecular complexity index is 344. The molecule has 1 N–H and O–H groups in total. The number of nitrogens with one attached hydrogen (secondary N) is 1. The first kappa shape index (κ1) is 12.7. The van der Waals surface area contributed by atoms with Crippen LogP contribution in [0, 0.1) is 18.8 Å². The lowest BCUT2D eigenvalue weighted by Gasteiger charge is -2.33. The normalized spacial score (nSPS) is 27.0. The molecule has 1 fully saturated rings. The Balaban J connectivity index is 2.07. The highest BCUT2D eigenvalue weighted by atomic mass is 16.3. The van der Waals surface area contributed by atoms with Gasteiger partial charge in [0.15, 0.2) is 0 Å². The number of hydrogen-bond acceptors (Lipinski definition) is 2. The maximum absolute atomic E-state index is 5.45. The molecule has 1 aliphatic carbocycles. The molecule has 1 heterocycles. The van der Waals surface area contributed by atoms with Crippen LogP contribution in [0.2, 0.25) is 0 Å². The third-order valence-electron chi connectivity index (χ3n) is 4.29. The molecule has 1 aromatic rings. The summed E-state index contributed by atoms with van der Waals surface area (Å²) in [5.41, 5.74) is 1.33. The van der Waals surface area contributed by atoms with Crippen LogP contribution in [-0.2, 0) is 0 Å². The fourth-order valence-electron chi connectivity index (χ4n) is 3.31. The SMILES string of the molecule is CCC1CCCC(C(NC)c2coc(C)c2)C1. The molecule has 0 aromatic carbocycles. The quantitative estimate of drug-likeness (QED) is 0.851. The van der Waals surface area contributed by atoms with Crippen molar-refractivity contribution in [1.29, 1.82) is 0 Å². The molecule has 2 rings (SSSR count). The fourth-order valence-corrected chi connectivity index (χ4v) is 3.31. The van der Waals surface area contributed by atoms with E-state index in [0.717, 1.165) is 17.6 Å². The molecule has 0 bridgehead atoms. The average Bonchev–Trinajstić information content (AvgIpc) is 2.77. The van der Waals surface area contributed by atoms with E-state index in [1.165, 1.54) is 37.7 Å². The highest BCUT2D eigenvalue weighted by Gasteiger charge is 2.28. The molecule has 0 saturated heterocycles. The van der Waals surface area contributed by atoms with Crippen LogP contribution in [-0.4, -0.2) is 7.05 Å². The lowest BCUT2D eigenvalue weighted by molar-refractivity contribution is 0.214. The third kappa shape index (κ3) is 2.92. The van der Waals surface area contributed by atoms with E-state index in [2.05, 4.69) is 25.4 Å². The lowest BCUT2D eigenvalue weighted by Crippen LogP contribution is -2.29. The molecule has 0 amide bonds. The molecular weight excluding hydrogens is 210 g/mol. The Kier molecular flexibility index (Phi) is 4.27. The summed E-state index contributed by atoms with van der Waals surface area (Å²) < 4.78 is 5.45. The van der Waals surface area contributed by atoms with Gasteiger partial charge in [0.05, 0.1) is 6.26 Å². The predicted octanol–water partition coefficient (Wildman–Crippen LogP) is 4.06. The van der Waals surface area contributed by atoms with Crippen LogP contribution in [0.15, 0.2) is 16.7 Å². The second-order valence-electron chi connectivity index (χ2n) is 5.46. The van der Waals surface area contributed by atoms with Gasteiger partial charge in [-0.25, -0.2) is 0 Å². The van der Waals surface area contributed by atoms with Crippen LogP contribution in [0.4, 0.5) is 0 Å². The summed E-state index contributed by atoms with van der Waals surface area (Å²) >= 11 is 0. The van der Waals surface area contributed by atoms with E-state index in [9.17, 15) is 0 Å². The van der Waals surface area contributed by atoms with E-state index < -0.39 is 0 Å². The van der Waals surface area contributed by atoms with Crippen molar-refractivity contribution in [3.8, 4) is 0 Å². The Morgan fingerprint density at radius 3 is 2.88 bits per heavy atom. The number of aryl methyl sites for hydroxylation is 1. The molecule has 3 unspecified atom stereocenters. The molecular formula is C15H25NO. The van der Waals surface area contributed by atoms with Gasteiger partial charge in [0.25, 0.3) is 0 Å². The molecule has 3 atom stereocenters. The van der Waals surface area contributed by atoms with Crippen molar-refractivity contribution < 1.29 is 4.42 Å². The van der Waals surface area contributed by atoms with Crippen LogP contribution in [0.3, 0.4) is 0 Å². The molecule has 1 aliphatic rings. The minimum atomic E-state index is 0.474. The van der Waals surface area contributed by atoms with Crippen LogP contribution in [0.25, 0.3) is 0 Å². The Morgan fingerprint density at radius 2 is 2.29 bits per heavy atom. The van der Waals surface area contributed by atoms with Gasteiger partial charge >= 0.3 is 0 Å².